The Bertz CT molecular complexity index is 424. The largest absolute Gasteiger partial charge is 0.481 e. The molecule has 1 aromatic carbocycles. The minimum absolute atomic E-state index is 0.117. The summed E-state index contributed by atoms with van der Waals surface area (Å²) in [7, 11) is 0. The van der Waals surface area contributed by atoms with Crippen LogP contribution in [0.3, 0.4) is 0 Å². The van der Waals surface area contributed by atoms with Crippen molar-refractivity contribution in [1.82, 2.24) is 0 Å². The van der Waals surface area contributed by atoms with Gasteiger partial charge in [-0.25, -0.2) is 4.39 Å². The predicted octanol–water partition coefficient (Wildman–Crippen LogP) is 2.95. The highest BCUT2D eigenvalue weighted by atomic mass is 79.9. The average molecular weight is 313 g/mol. The third-order valence-electron chi connectivity index (χ3n) is 1.93. The van der Waals surface area contributed by atoms with Gasteiger partial charge in [0.05, 0.1) is 6.42 Å². The van der Waals surface area contributed by atoms with Gasteiger partial charge in [0, 0.05) is 16.5 Å². The van der Waals surface area contributed by atoms with Gasteiger partial charge < -0.3 is 9.84 Å². The summed E-state index contributed by atoms with van der Waals surface area (Å²) < 4.78 is 41.7. The fourth-order valence-electron chi connectivity index (χ4n) is 1.25. The Hall–Kier alpha value is -1.24. The molecule has 94 valence electrons. The number of hydrogen-bond donors (Lipinski definition) is 1. The SMILES string of the molecule is O=C(O)Cc1cc(F)c(CBr)cc1OC(F)F. The van der Waals surface area contributed by atoms with Crippen molar-refractivity contribution in [3.05, 3.63) is 29.1 Å². The van der Waals surface area contributed by atoms with E-state index in [4.69, 9.17) is 5.11 Å². The van der Waals surface area contributed by atoms with Crippen molar-refractivity contribution in [1.29, 1.82) is 0 Å². The van der Waals surface area contributed by atoms with Crippen molar-refractivity contribution in [2.24, 2.45) is 0 Å². The van der Waals surface area contributed by atoms with E-state index in [0.717, 1.165) is 12.1 Å². The number of alkyl halides is 3. The van der Waals surface area contributed by atoms with Gasteiger partial charge in [0.2, 0.25) is 0 Å². The number of halogens is 4. The lowest BCUT2D eigenvalue weighted by Gasteiger charge is -2.11. The van der Waals surface area contributed by atoms with Crippen LogP contribution in [0.2, 0.25) is 0 Å². The second kappa shape index (κ2) is 5.90. The second-order valence-electron chi connectivity index (χ2n) is 3.13. The Labute approximate surface area is 103 Å². The van der Waals surface area contributed by atoms with Crippen LogP contribution >= 0.6 is 15.9 Å². The van der Waals surface area contributed by atoms with Crippen molar-refractivity contribution in [2.75, 3.05) is 0 Å². The van der Waals surface area contributed by atoms with Gasteiger partial charge in [-0.1, -0.05) is 15.9 Å². The van der Waals surface area contributed by atoms with E-state index < -0.39 is 24.8 Å². The van der Waals surface area contributed by atoms with Crippen molar-refractivity contribution < 1.29 is 27.8 Å². The normalized spacial score (nSPS) is 10.6. The van der Waals surface area contributed by atoms with E-state index in [9.17, 15) is 18.0 Å². The molecule has 0 unspecified atom stereocenters. The van der Waals surface area contributed by atoms with E-state index >= 15 is 0 Å². The Morgan fingerprint density at radius 1 is 1.41 bits per heavy atom. The van der Waals surface area contributed by atoms with E-state index in [1.54, 1.807) is 0 Å². The fraction of sp³-hybridized carbons (Fsp3) is 0.300. The Morgan fingerprint density at radius 3 is 2.53 bits per heavy atom. The number of hydrogen-bond acceptors (Lipinski definition) is 2. The molecule has 17 heavy (non-hydrogen) atoms. The summed E-state index contributed by atoms with van der Waals surface area (Å²) >= 11 is 2.98. The van der Waals surface area contributed by atoms with Crippen LogP contribution < -0.4 is 4.74 Å². The third kappa shape index (κ3) is 3.92. The zero-order valence-electron chi connectivity index (χ0n) is 8.42. The average Bonchev–Trinajstić information content (AvgIpc) is 2.20. The van der Waals surface area contributed by atoms with Crippen LogP contribution in [0.5, 0.6) is 5.75 Å². The fourth-order valence-corrected chi connectivity index (χ4v) is 1.68. The molecule has 0 saturated carbocycles. The maximum atomic E-state index is 13.4. The van der Waals surface area contributed by atoms with E-state index in [1.807, 2.05) is 0 Å². The first-order valence-electron chi connectivity index (χ1n) is 4.48. The number of ether oxygens (including phenoxy) is 1. The molecule has 0 amide bonds. The summed E-state index contributed by atoms with van der Waals surface area (Å²) in [5.74, 6) is -2.24. The molecule has 0 saturated heterocycles. The molecule has 0 aliphatic rings. The van der Waals surface area contributed by atoms with Gasteiger partial charge in [-0.2, -0.15) is 8.78 Å². The summed E-state index contributed by atoms with van der Waals surface area (Å²) in [5.41, 5.74) is -0.00483. The Balaban J connectivity index is 3.15. The molecule has 0 fully saturated rings. The van der Waals surface area contributed by atoms with Crippen LogP contribution in [0.1, 0.15) is 11.1 Å². The molecule has 0 aromatic heterocycles. The maximum Gasteiger partial charge on any atom is 0.387 e. The molecule has 7 heteroatoms. The zero-order chi connectivity index (χ0) is 13.0. The molecular weight excluding hydrogens is 305 g/mol. The van der Waals surface area contributed by atoms with E-state index in [1.165, 1.54) is 0 Å². The van der Waals surface area contributed by atoms with Gasteiger partial charge in [0.15, 0.2) is 0 Å². The second-order valence-corrected chi connectivity index (χ2v) is 3.69. The molecule has 0 aliphatic carbocycles. The molecule has 0 radical (unpaired) electrons. The van der Waals surface area contributed by atoms with Crippen molar-refractivity contribution in [3.8, 4) is 5.75 Å². The van der Waals surface area contributed by atoms with Crippen LogP contribution in [-0.4, -0.2) is 17.7 Å². The lowest BCUT2D eigenvalue weighted by Crippen LogP contribution is -2.09. The van der Waals surface area contributed by atoms with Gasteiger partial charge in [-0.15, -0.1) is 0 Å². The number of benzene rings is 1. The quantitative estimate of drug-likeness (QED) is 0.850. The molecular formula is C10H8BrF3O3. The topological polar surface area (TPSA) is 46.5 Å². The summed E-state index contributed by atoms with van der Waals surface area (Å²) in [6.07, 6.45) is -0.582. The molecule has 0 spiro atoms. The number of carbonyl (C=O) groups is 1. The van der Waals surface area contributed by atoms with Crippen LogP contribution in [0.25, 0.3) is 0 Å². The molecule has 0 aliphatic heterocycles. The first-order chi connectivity index (χ1) is 7.93. The van der Waals surface area contributed by atoms with Crippen molar-refractivity contribution >= 4 is 21.9 Å². The molecule has 3 nitrogen and oxygen atoms in total. The van der Waals surface area contributed by atoms with Crippen LogP contribution in [-0.2, 0) is 16.5 Å². The molecule has 1 aromatic rings. The Morgan fingerprint density at radius 2 is 2.06 bits per heavy atom. The summed E-state index contributed by atoms with van der Waals surface area (Å²) in [5, 5.41) is 8.68. The highest BCUT2D eigenvalue weighted by Gasteiger charge is 2.16. The number of carboxylic acids is 1. The standard InChI is InChI=1S/C10H8BrF3O3/c11-4-6-2-8(17-10(13)14)5(1-7(6)12)3-9(15)16/h1-2,10H,3-4H2,(H,15,16). The van der Waals surface area contributed by atoms with Crippen molar-refractivity contribution in [2.45, 2.75) is 18.4 Å². The minimum atomic E-state index is -3.09. The molecule has 1 N–H and O–H groups in total. The molecule has 0 atom stereocenters. The number of carboxylic acid groups (broad SMARTS) is 1. The highest BCUT2D eigenvalue weighted by Crippen LogP contribution is 2.26. The van der Waals surface area contributed by atoms with Gasteiger partial charge >= 0.3 is 12.6 Å². The van der Waals surface area contributed by atoms with Crippen LogP contribution in [0, 0.1) is 5.82 Å². The Kier molecular flexibility index (Phi) is 4.80. The maximum absolute atomic E-state index is 13.4. The summed E-state index contributed by atoms with van der Waals surface area (Å²) in [4.78, 5) is 10.5. The first kappa shape index (κ1) is 13.8. The number of rotatable bonds is 5. The monoisotopic (exact) mass is 312 g/mol. The van der Waals surface area contributed by atoms with Gasteiger partial charge in [0.1, 0.15) is 11.6 Å². The summed E-state index contributed by atoms with van der Waals surface area (Å²) in [6, 6.07) is 1.96. The third-order valence-corrected chi connectivity index (χ3v) is 2.54. The molecule has 0 bridgehead atoms. The van der Waals surface area contributed by atoms with E-state index in [2.05, 4.69) is 20.7 Å². The van der Waals surface area contributed by atoms with E-state index in [0.29, 0.717) is 0 Å². The van der Waals surface area contributed by atoms with E-state index in [-0.39, 0.29) is 22.2 Å². The number of aliphatic carboxylic acids is 1. The predicted molar refractivity (Wildman–Crippen MR) is 57.0 cm³/mol. The van der Waals surface area contributed by atoms with Gasteiger partial charge in [-0.3, -0.25) is 4.79 Å². The zero-order valence-corrected chi connectivity index (χ0v) is 10.0. The lowest BCUT2D eigenvalue weighted by molar-refractivity contribution is -0.136. The van der Waals surface area contributed by atoms with Crippen LogP contribution in [0.15, 0.2) is 12.1 Å². The van der Waals surface area contributed by atoms with Crippen molar-refractivity contribution in [3.63, 3.8) is 0 Å². The smallest absolute Gasteiger partial charge is 0.387 e. The minimum Gasteiger partial charge on any atom is -0.481 e. The van der Waals surface area contributed by atoms with Gasteiger partial charge in [0.25, 0.3) is 0 Å². The molecule has 1 rings (SSSR count). The van der Waals surface area contributed by atoms with Crippen LogP contribution in [0.4, 0.5) is 13.2 Å². The van der Waals surface area contributed by atoms with Gasteiger partial charge in [-0.05, 0) is 12.1 Å². The lowest BCUT2D eigenvalue weighted by atomic mass is 10.1. The molecule has 0 heterocycles. The first-order valence-corrected chi connectivity index (χ1v) is 5.60. The summed E-state index contributed by atoms with van der Waals surface area (Å²) in [6.45, 7) is -3.09. The highest BCUT2D eigenvalue weighted by molar-refractivity contribution is 9.08.